The third-order valence-corrected chi connectivity index (χ3v) is 5.23. The fraction of sp³-hybridized carbons (Fsp3) is 0.450. The van der Waals surface area contributed by atoms with Crippen molar-refractivity contribution < 1.29 is 9.21 Å². The molecule has 0 unspecified atom stereocenters. The van der Waals surface area contributed by atoms with Gasteiger partial charge in [-0.25, -0.2) is 14.3 Å². The number of furan rings is 1. The van der Waals surface area contributed by atoms with Crippen LogP contribution in [0, 0.1) is 0 Å². The maximum atomic E-state index is 12.2. The number of urea groups is 1. The van der Waals surface area contributed by atoms with Gasteiger partial charge in [0.25, 0.3) is 0 Å². The smallest absolute Gasteiger partial charge is 0.350 e. The Morgan fingerprint density at radius 3 is 2.79 bits per heavy atom. The Morgan fingerprint density at radius 2 is 2.03 bits per heavy atom. The van der Waals surface area contributed by atoms with Crippen LogP contribution in [0.1, 0.15) is 31.1 Å². The van der Waals surface area contributed by atoms with E-state index < -0.39 is 0 Å². The Kier molecular flexibility index (Phi) is 5.95. The zero-order valence-corrected chi connectivity index (χ0v) is 16.3. The molecule has 9 heteroatoms. The topological polar surface area (TPSA) is 96.8 Å². The lowest BCUT2D eigenvalue weighted by atomic mass is 10.2. The van der Waals surface area contributed by atoms with Crippen molar-refractivity contribution in [3.05, 3.63) is 59.0 Å². The molecule has 0 saturated carbocycles. The molecular formula is C20H26N6O3. The van der Waals surface area contributed by atoms with Crippen molar-refractivity contribution in [2.24, 2.45) is 0 Å². The summed E-state index contributed by atoms with van der Waals surface area (Å²) in [6, 6.07) is 9.09. The van der Waals surface area contributed by atoms with Gasteiger partial charge in [0.15, 0.2) is 5.65 Å². The van der Waals surface area contributed by atoms with E-state index in [4.69, 9.17) is 4.42 Å². The first-order valence-electron chi connectivity index (χ1n) is 10.1. The van der Waals surface area contributed by atoms with E-state index in [9.17, 15) is 9.59 Å². The number of rotatable bonds is 8. The van der Waals surface area contributed by atoms with Crippen LogP contribution in [-0.4, -0.2) is 51.3 Å². The summed E-state index contributed by atoms with van der Waals surface area (Å²) in [5.74, 6) is 0.874. The molecule has 1 fully saturated rings. The Labute approximate surface area is 168 Å². The molecule has 1 aliphatic heterocycles. The molecule has 3 aromatic heterocycles. The lowest BCUT2D eigenvalue weighted by molar-refractivity contribution is 0.203. The molecule has 4 rings (SSSR count). The first-order valence-corrected chi connectivity index (χ1v) is 10.1. The number of carbonyl (C=O) groups excluding carboxylic acids is 1. The number of carbonyl (C=O) groups is 1. The molecule has 3 aromatic rings. The summed E-state index contributed by atoms with van der Waals surface area (Å²) in [5, 5.41) is 10.1. The van der Waals surface area contributed by atoms with Crippen molar-refractivity contribution in [3.63, 3.8) is 0 Å². The van der Waals surface area contributed by atoms with Crippen molar-refractivity contribution in [2.75, 3.05) is 26.2 Å². The minimum atomic E-state index is -0.219. The van der Waals surface area contributed by atoms with Gasteiger partial charge in [0, 0.05) is 25.8 Å². The van der Waals surface area contributed by atoms with Crippen LogP contribution in [0.2, 0.25) is 0 Å². The molecule has 1 saturated heterocycles. The average Bonchev–Trinajstić information content (AvgIpc) is 3.49. The van der Waals surface area contributed by atoms with E-state index in [2.05, 4.69) is 20.6 Å². The summed E-state index contributed by atoms with van der Waals surface area (Å²) in [5.41, 5.74) is 0.450. The summed E-state index contributed by atoms with van der Waals surface area (Å²) in [4.78, 5) is 26.8. The van der Waals surface area contributed by atoms with E-state index in [1.807, 2.05) is 18.2 Å². The normalized spacial score (nSPS) is 15.6. The molecule has 9 nitrogen and oxygen atoms in total. The molecule has 0 radical (unpaired) electrons. The van der Waals surface area contributed by atoms with Crippen molar-refractivity contribution in [2.45, 2.75) is 31.8 Å². The van der Waals surface area contributed by atoms with E-state index in [0.717, 1.165) is 18.8 Å². The highest BCUT2D eigenvalue weighted by molar-refractivity contribution is 5.73. The molecule has 154 valence electrons. The zero-order chi connectivity index (χ0) is 20.1. The van der Waals surface area contributed by atoms with Gasteiger partial charge in [-0.2, -0.15) is 0 Å². The van der Waals surface area contributed by atoms with Crippen LogP contribution >= 0.6 is 0 Å². The third kappa shape index (κ3) is 4.51. The molecule has 1 atom stereocenters. The van der Waals surface area contributed by atoms with Gasteiger partial charge in [-0.1, -0.05) is 6.07 Å². The fourth-order valence-corrected chi connectivity index (χ4v) is 3.74. The summed E-state index contributed by atoms with van der Waals surface area (Å²) in [7, 11) is 0. The maximum Gasteiger partial charge on any atom is 0.350 e. The highest BCUT2D eigenvalue weighted by Crippen LogP contribution is 2.24. The third-order valence-electron chi connectivity index (χ3n) is 5.23. The summed E-state index contributed by atoms with van der Waals surface area (Å²) >= 11 is 0. The highest BCUT2D eigenvalue weighted by Gasteiger charge is 2.25. The second-order valence-corrected chi connectivity index (χ2v) is 7.20. The van der Waals surface area contributed by atoms with Gasteiger partial charge in [0.2, 0.25) is 0 Å². The first kappa shape index (κ1) is 19.3. The van der Waals surface area contributed by atoms with Gasteiger partial charge in [-0.3, -0.25) is 9.30 Å². The van der Waals surface area contributed by atoms with Crippen molar-refractivity contribution in [1.29, 1.82) is 0 Å². The number of aromatic nitrogens is 3. The standard InChI is InChI=1S/C20H26N6O3/c27-19(22-15-16(17-7-5-14-29-17)24-10-3-4-11-24)21-9-6-13-26-20(28)25-12-2-1-8-18(25)23-26/h1-2,5,7-8,12,14,16H,3-4,6,9-11,13,15H2,(H2,21,22,27)/t16-/m1/s1. The second-order valence-electron chi connectivity index (χ2n) is 7.20. The minimum absolute atomic E-state index is 0.0507. The average molecular weight is 398 g/mol. The van der Waals surface area contributed by atoms with Crippen molar-refractivity contribution >= 4 is 11.7 Å². The molecule has 0 bridgehead atoms. The number of amides is 2. The SMILES string of the molecule is O=C(NCCCn1nc2ccccn2c1=O)NC[C@H](c1ccco1)N1CCCC1. The monoisotopic (exact) mass is 398 g/mol. The second kappa shape index (κ2) is 8.95. The van der Waals surface area contributed by atoms with Gasteiger partial charge in [-0.05, 0) is 56.6 Å². The van der Waals surface area contributed by atoms with E-state index in [0.29, 0.717) is 31.7 Å². The number of hydrogen-bond donors (Lipinski definition) is 2. The molecular weight excluding hydrogens is 372 g/mol. The van der Waals surface area contributed by atoms with Crippen LogP contribution in [-0.2, 0) is 6.54 Å². The van der Waals surface area contributed by atoms with Crippen LogP contribution < -0.4 is 16.3 Å². The molecule has 0 spiro atoms. The van der Waals surface area contributed by atoms with Crippen LogP contribution in [0.25, 0.3) is 5.65 Å². The number of aryl methyl sites for hydroxylation is 1. The minimum Gasteiger partial charge on any atom is -0.468 e. The predicted molar refractivity (Wildman–Crippen MR) is 108 cm³/mol. The van der Waals surface area contributed by atoms with Crippen LogP contribution in [0.5, 0.6) is 0 Å². The number of pyridine rings is 1. The summed E-state index contributed by atoms with van der Waals surface area (Å²) in [6.45, 7) is 3.43. The Morgan fingerprint density at radius 1 is 1.17 bits per heavy atom. The molecule has 0 aromatic carbocycles. The lowest BCUT2D eigenvalue weighted by Gasteiger charge is -2.26. The Hall–Kier alpha value is -3.07. The van der Waals surface area contributed by atoms with Crippen LogP contribution in [0.15, 0.2) is 52.0 Å². The maximum absolute atomic E-state index is 12.2. The van der Waals surface area contributed by atoms with Crippen molar-refractivity contribution in [1.82, 2.24) is 29.7 Å². The number of fused-ring (bicyclic) bond motifs is 1. The Bertz CT molecular complexity index is 987. The van der Waals surface area contributed by atoms with E-state index >= 15 is 0 Å². The van der Waals surface area contributed by atoms with Crippen LogP contribution in [0.3, 0.4) is 0 Å². The van der Waals surface area contributed by atoms with Gasteiger partial charge in [-0.15, -0.1) is 5.10 Å². The molecule has 0 aliphatic carbocycles. The molecule has 4 heterocycles. The van der Waals surface area contributed by atoms with Gasteiger partial charge in [0.1, 0.15) is 5.76 Å². The van der Waals surface area contributed by atoms with E-state index in [-0.39, 0.29) is 17.8 Å². The van der Waals surface area contributed by atoms with Gasteiger partial charge >= 0.3 is 11.7 Å². The fourth-order valence-electron chi connectivity index (χ4n) is 3.74. The van der Waals surface area contributed by atoms with E-state index in [1.165, 1.54) is 21.9 Å². The summed E-state index contributed by atoms with van der Waals surface area (Å²) < 4.78 is 8.50. The highest BCUT2D eigenvalue weighted by atomic mass is 16.3. The molecule has 29 heavy (non-hydrogen) atoms. The number of likely N-dealkylation sites (tertiary alicyclic amines) is 1. The van der Waals surface area contributed by atoms with Crippen molar-refractivity contribution in [3.8, 4) is 0 Å². The Balaban J connectivity index is 1.23. The predicted octanol–water partition coefficient (Wildman–Crippen LogP) is 1.62. The largest absolute Gasteiger partial charge is 0.468 e. The zero-order valence-electron chi connectivity index (χ0n) is 16.3. The number of hydrogen-bond acceptors (Lipinski definition) is 5. The lowest BCUT2D eigenvalue weighted by Crippen LogP contribution is -2.42. The van der Waals surface area contributed by atoms with Gasteiger partial charge in [0.05, 0.1) is 12.3 Å². The summed E-state index contributed by atoms with van der Waals surface area (Å²) in [6.07, 6.45) is 6.32. The molecule has 2 amide bonds. The quantitative estimate of drug-likeness (QED) is 0.562. The molecule has 2 N–H and O–H groups in total. The molecule has 1 aliphatic rings. The number of nitrogens with zero attached hydrogens (tertiary/aromatic N) is 4. The first-order chi connectivity index (χ1) is 14.2. The van der Waals surface area contributed by atoms with Crippen LogP contribution in [0.4, 0.5) is 4.79 Å². The number of nitrogens with one attached hydrogen (secondary N) is 2. The van der Waals surface area contributed by atoms with Gasteiger partial charge < -0.3 is 15.1 Å². The van der Waals surface area contributed by atoms with E-state index in [1.54, 1.807) is 24.6 Å².